The molecule has 4 heteroatoms. The first-order valence-electron chi connectivity index (χ1n) is 8.03. The molecule has 0 radical (unpaired) electrons. The van der Waals surface area contributed by atoms with Gasteiger partial charge in [-0.25, -0.2) is 0 Å². The summed E-state index contributed by atoms with van der Waals surface area (Å²) in [6.45, 7) is 5.41. The SMILES string of the molecule is CCOC(=O)[C@]1(CC)C[C@@H]2CC[C@H]1N2Cc1ccncc1. The van der Waals surface area contributed by atoms with Crippen molar-refractivity contribution in [3.8, 4) is 0 Å². The number of carbonyl (C=O) groups is 1. The van der Waals surface area contributed by atoms with Gasteiger partial charge in [-0.1, -0.05) is 6.92 Å². The van der Waals surface area contributed by atoms with Crippen molar-refractivity contribution in [2.75, 3.05) is 6.61 Å². The van der Waals surface area contributed by atoms with Crippen LogP contribution in [0, 0.1) is 5.41 Å². The first kappa shape index (κ1) is 14.5. The highest BCUT2D eigenvalue weighted by Gasteiger charge is 2.59. The third-order valence-electron chi connectivity index (χ3n) is 5.31. The van der Waals surface area contributed by atoms with Crippen molar-refractivity contribution in [2.45, 2.75) is 58.2 Å². The van der Waals surface area contributed by atoms with E-state index in [9.17, 15) is 4.79 Å². The Labute approximate surface area is 126 Å². The van der Waals surface area contributed by atoms with Gasteiger partial charge in [-0.2, -0.15) is 0 Å². The van der Waals surface area contributed by atoms with E-state index >= 15 is 0 Å². The molecule has 0 saturated carbocycles. The van der Waals surface area contributed by atoms with Crippen molar-refractivity contribution < 1.29 is 9.53 Å². The highest BCUT2D eigenvalue weighted by molar-refractivity contribution is 5.78. The van der Waals surface area contributed by atoms with Gasteiger partial charge in [-0.3, -0.25) is 14.7 Å². The minimum atomic E-state index is -0.286. The van der Waals surface area contributed by atoms with E-state index in [-0.39, 0.29) is 11.4 Å². The summed E-state index contributed by atoms with van der Waals surface area (Å²) in [5.41, 5.74) is 0.990. The molecule has 114 valence electrons. The Hall–Kier alpha value is -1.42. The van der Waals surface area contributed by atoms with Crippen LogP contribution in [0.4, 0.5) is 0 Å². The van der Waals surface area contributed by atoms with Crippen LogP contribution in [0.5, 0.6) is 0 Å². The Morgan fingerprint density at radius 1 is 1.38 bits per heavy atom. The highest BCUT2D eigenvalue weighted by Crippen LogP contribution is 2.52. The molecule has 2 aliphatic heterocycles. The number of aromatic nitrogens is 1. The molecule has 1 aromatic heterocycles. The number of pyridine rings is 1. The van der Waals surface area contributed by atoms with E-state index in [4.69, 9.17) is 4.74 Å². The van der Waals surface area contributed by atoms with Crippen LogP contribution in [0.3, 0.4) is 0 Å². The minimum Gasteiger partial charge on any atom is -0.466 e. The van der Waals surface area contributed by atoms with Crippen LogP contribution in [-0.4, -0.2) is 34.5 Å². The number of rotatable bonds is 5. The van der Waals surface area contributed by atoms with E-state index < -0.39 is 0 Å². The predicted molar refractivity (Wildman–Crippen MR) is 80.6 cm³/mol. The third-order valence-corrected chi connectivity index (χ3v) is 5.31. The number of hydrogen-bond donors (Lipinski definition) is 0. The molecule has 2 fully saturated rings. The van der Waals surface area contributed by atoms with Crippen LogP contribution in [-0.2, 0) is 16.1 Å². The lowest BCUT2D eigenvalue weighted by Gasteiger charge is -2.34. The maximum Gasteiger partial charge on any atom is 0.313 e. The fourth-order valence-electron chi connectivity index (χ4n) is 4.26. The van der Waals surface area contributed by atoms with Crippen LogP contribution in [0.1, 0.15) is 45.1 Å². The molecular formula is C17H24N2O2. The molecule has 2 bridgehead atoms. The fraction of sp³-hybridized carbons (Fsp3) is 0.647. The Bertz CT molecular complexity index is 505. The molecule has 0 aliphatic carbocycles. The van der Waals surface area contributed by atoms with Gasteiger partial charge in [0.15, 0.2) is 0 Å². The second kappa shape index (κ2) is 5.76. The van der Waals surface area contributed by atoms with Crippen molar-refractivity contribution in [2.24, 2.45) is 5.41 Å². The Balaban J connectivity index is 1.81. The molecule has 2 aliphatic rings. The van der Waals surface area contributed by atoms with Gasteiger partial charge in [0.05, 0.1) is 12.0 Å². The Morgan fingerprint density at radius 3 is 2.81 bits per heavy atom. The van der Waals surface area contributed by atoms with Crippen molar-refractivity contribution in [1.29, 1.82) is 0 Å². The standard InChI is InChI=1S/C17H24N2O2/c1-3-17(16(20)21-4-2)11-14-5-6-15(17)19(14)12-13-7-9-18-10-8-13/h7-10,14-15H,3-6,11-12H2,1-2H3/t14-,15+,17+/m0/s1. The normalized spacial score (nSPS) is 31.5. The predicted octanol–water partition coefficient (Wildman–Crippen LogP) is 2.78. The smallest absolute Gasteiger partial charge is 0.313 e. The van der Waals surface area contributed by atoms with Gasteiger partial charge in [0.25, 0.3) is 0 Å². The average molecular weight is 288 g/mol. The molecule has 0 N–H and O–H groups in total. The van der Waals surface area contributed by atoms with E-state index in [0.29, 0.717) is 18.7 Å². The Morgan fingerprint density at radius 2 is 2.14 bits per heavy atom. The summed E-state index contributed by atoms with van der Waals surface area (Å²) in [4.78, 5) is 19.1. The maximum atomic E-state index is 12.5. The molecule has 3 rings (SSSR count). The first-order chi connectivity index (χ1) is 10.2. The van der Waals surface area contributed by atoms with E-state index in [1.54, 1.807) is 0 Å². The molecule has 0 aromatic carbocycles. The molecule has 4 nitrogen and oxygen atoms in total. The second-order valence-electron chi connectivity index (χ2n) is 6.21. The number of carbonyl (C=O) groups excluding carboxylic acids is 1. The summed E-state index contributed by atoms with van der Waals surface area (Å²) < 4.78 is 5.40. The zero-order valence-corrected chi connectivity index (χ0v) is 12.9. The quantitative estimate of drug-likeness (QED) is 0.781. The van der Waals surface area contributed by atoms with Crippen molar-refractivity contribution in [3.63, 3.8) is 0 Å². The molecule has 3 heterocycles. The van der Waals surface area contributed by atoms with Crippen LogP contribution in [0.25, 0.3) is 0 Å². The van der Waals surface area contributed by atoms with Gasteiger partial charge < -0.3 is 4.74 Å². The fourth-order valence-corrected chi connectivity index (χ4v) is 4.26. The lowest BCUT2D eigenvalue weighted by Crippen LogP contribution is -2.43. The summed E-state index contributed by atoms with van der Waals surface area (Å²) in [7, 11) is 0. The topological polar surface area (TPSA) is 42.4 Å². The monoisotopic (exact) mass is 288 g/mol. The molecule has 3 atom stereocenters. The number of ether oxygens (including phenoxy) is 1. The minimum absolute atomic E-state index is 0.0134. The van der Waals surface area contributed by atoms with Crippen LogP contribution in [0.2, 0.25) is 0 Å². The molecule has 0 amide bonds. The molecule has 0 unspecified atom stereocenters. The summed E-state index contributed by atoms with van der Waals surface area (Å²) in [5, 5.41) is 0. The zero-order valence-electron chi connectivity index (χ0n) is 12.9. The molecule has 0 spiro atoms. The van der Waals surface area contributed by atoms with Gasteiger partial charge >= 0.3 is 5.97 Å². The Kier molecular flexibility index (Phi) is 3.98. The number of fused-ring (bicyclic) bond motifs is 2. The van der Waals surface area contributed by atoms with Crippen LogP contribution >= 0.6 is 0 Å². The van der Waals surface area contributed by atoms with Crippen molar-refractivity contribution in [3.05, 3.63) is 30.1 Å². The van der Waals surface area contributed by atoms with Crippen molar-refractivity contribution >= 4 is 5.97 Å². The molecule has 2 saturated heterocycles. The largest absolute Gasteiger partial charge is 0.466 e. The highest BCUT2D eigenvalue weighted by atomic mass is 16.5. The van der Waals surface area contributed by atoms with Gasteiger partial charge in [0.2, 0.25) is 0 Å². The lowest BCUT2D eigenvalue weighted by molar-refractivity contribution is -0.157. The van der Waals surface area contributed by atoms with Crippen molar-refractivity contribution in [1.82, 2.24) is 9.88 Å². The lowest BCUT2D eigenvalue weighted by atomic mass is 9.72. The summed E-state index contributed by atoms with van der Waals surface area (Å²) in [6, 6.07) is 4.98. The number of esters is 1. The van der Waals surface area contributed by atoms with Crippen LogP contribution < -0.4 is 0 Å². The molecule has 21 heavy (non-hydrogen) atoms. The molecular weight excluding hydrogens is 264 g/mol. The van der Waals surface area contributed by atoms with Gasteiger partial charge in [0.1, 0.15) is 0 Å². The number of nitrogens with zero attached hydrogens (tertiary/aromatic N) is 2. The first-order valence-corrected chi connectivity index (χ1v) is 8.03. The average Bonchev–Trinajstić information content (AvgIpc) is 3.04. The number of hydrogen-bond acceptors (Lipinski definition) is 4. The van der Waals surface area contributed by atoms with Gasteiger partial charge in [-0.05, 0) is 50.3 Å². The summed E-state index contributed by atoms with van der Waals surface area (Å²) >= 11 is 0. The zero-order chi connectivity index (χ0) is 14.9. The third kappa shape index (κ3) is 2.35. The second-order valence-corrected chi connectivity index (χ2v) is 6.21. The van der Waals surface area contributed by atoms with Crippen LogP contribution in [0.15, 0.2) is 24.5 Å². The van der Waals surface area contributed by atoms with Gasteiger partial charge in [0, 0.05) is 31.0 Å². The molecule has 1 aromatic rings. The van der Waals surface area contributed by atoms with Gasteiger partial charge in [-0.15, -0.1) is 0 Å². The van der Waals surface area contributed by atoms with E-state index in [0.717, 1.165) is 25.8 Å². The maximum absolute atomic E-state index is 12.5. The summed E-state index contributed by atoms with van der Waals surface area (Å²) in [6.07, 6.45) is 7.83. The summed E-state index contributed by atoms with van der Waals surface area (Å²) in [5.74, 6) is 0.0134. The van der Waals surface area contributed by atoms with E-state index in [1.165, 1.54) is 12.0 Å². The van der Waals surface area contributed by atoms with E-state index in [1.807, 2.05) is 19.3 Å². The van der Waals surface area contributed by atoms with E-state index in [2.05, 4.69) is 28.9 Å².